The van der Waals surface area contributed by atoms with Crippen LogP contribution in [0.2, 0.25) is 0 Å². The highest BCUT2D eigenvalue weighted by molar-refractivity contribution is 7.89. The molecule has 3 N–H and O–H groups in total. The van der Waals surface area contributed by atoms with E-state index in [0.717, 1.165) is 12.8 Å². The van der Waals surface area contributed by atoms with Crippen molar-refractivity contribution in [3.05, 3.63) is 33.9 Å². The third kappa shape index (κ3) is 2.97. The molecule has 1 aliphatic carbocycles. The van der Waals surface area contributed by atoms with Crippen LogP contribution in [0.15, 0.2) is 23.1 Å². The number of sulfonamides is 1. The topological polar surface area (TPSA) is 115 Å². The number of nitro benzene ring substituents is 1. The molecule has 0 spiro atoms. The van der Waals surface area contributed by atoms with Crippen molar-refractivity contribution in [1.29, 1.82) is 0 Å². The smallest absolute Gasteiger partial charge is 0.269 e. The number of non-ortho nitro benzene ring substituents is 1. The molecule has 2 rings (SSSR count). The van der Waals surface area contributed by atoms with E-state index in [9.17, 15) is 18.5 Å². The number of aryl methyl sites for hydroxylation is 1. The maximum Gasteiger partial charge on any atom is 0.269 e. The van der Waals surface area contributed by atoms with Crippen LogP contribution in [-0.2, 0) is 10.0 Å². The number of benzene rings is 1. The third-order valence-electron chi connectivity index (χ3n) is 3.53. The minimum absolute atomic E-state index is 0.0576. The molecule has 0 bridgehead atoms. The molecule has 0 aliphatic heterocycles. The second-order valence-electron chi connectivity index (χ2n) is 5.03. The zero-order valence-electron chi connectivity index (χ0n) is 11.1. The quantitative estimate of drug-likeness (QED) is 0.637. The maximum absolute atomic E-state index is 12.3. The second kappa shape index (κ2) is 5.47. The predicted molar refractivity (Wildman–Crippen MR) is 73.8 cm³/mol. The highest BCUT2D eigenvalue weighted by Gasteiger charge is 2.29. The van der Waals surface area contributed by atoms with Gasteiger partial charge in [0, 0.05) is 24.2 Å². The van der Waals surface area contributed by atoms with E-state index in [4.69, 9.17) is 5.73 Å². The Labute approximate surface area is 117 Å². The molecular formula is C12H17N3O4S. The van der Waals surface area contributed by atoms with Crippen LogP contribution in [-0.4, -0.2) is 25.4 Å². The van der Waals surface area contributed by atoms with Crippen molar-refractivity contribution in [2.75, 3.05) is 0 Å². The zero-order chi connectivity index (χ0) is 14.9. The van der Waals surface area contributed by atoms with Gasteiger partial charge in [0.25, 0.3) is 5.69 Å². The largest absolute Gasteiger partial charge is 0.326 e. The lowest BCUT2D eigenvalue weighted by Crippen LogP contribution is -2.44. The van der Waals surface area contributed by atoms with Crippen molar-refractivity contribution in [3.63, 3.8) is 0 Å². The van der Waals surface area contributed by atoms with Crippen LogP contribution in [0.4, 0.5) is 5.69 Å². The molecule has 1 aliphatic rings. The number of hydrogen-bond donors (Lipinski definition) is 2. The van der Waals surface area contributed by atoms with Crippen molar-refractivity contribution in [2.24, 2.45) is 5.73 Å². The van der Waals surface area contributed by atoms with Crippen molar-refractivity contribution in [2.45, 2.75) is 43.2 Å². The summed E-state index contributed by atoms with van der Waals surface area (Å²) in [6.07, 6.45) is 2.41. The van der Waals surface area contributed by atoms with Gasteiger partial charge < -0.3 is 5.73 Å². The summed E-state index contributed by atoms with van der Waals surface area (Å²) in [5, 5.41) is 10.7. The molecule has 2 atom stereocenters. The van der Waals surface area contributed by atoms with Crippen LogP contribution < -0.4 is 10.5 Å². The molecule has 8 heteroatoms. The van der Waals surface area contributed by atoms with E-state index in [2.05, 4.69) is 4.72 Å². The van der Waals surface area contributed by atoms with E-state index in [-0.39, 0.29) is 22.7 Å². The van der Waals surface area contributed by atoms with E-state index in [0.29, 0.717) is 12.0 Å². The van der Waals surface area contributed by atoms with Gasteiger partial charge in [-0.3, -0.25) is 10.1 Å². The average Bonchev–Trinajstić information content (AvgIpc) is 2.73. The lowest BCUT2D eigenvalue weighted by molar-refractivity contribution is -0.385. The fourth-order valence-electron chi connectivity index (χ4n) is 2.45. The van der Waals surface area contributed by atoms with Gasteiger partial charge in [-0.25, -0.2) is 13.1 Å². The Hall–Kier alpha value is -1.51. The SMILES string of the molecule is Cc1cc([N+](=O)[O-])ccc1S(=O)(=O)NC1CCCC1N. The first-order chi connectivity index (χ1) is 9.31. The van der Waals surface area contributed by atoms with Crippen LogP contribution in [0, 0.1) is 17.0 Å². The summed E-state index contributed by atoms with van der Waals surface area (Å²) in [6, 6.07) is 3.26. The van der Waals surface area contributed by atoms with Gasteiger partial charge in [-0.2, -0.15) is 0 Å². The summed E-state index contributed by atoms with van der Waals surface area (Å²) >= 11 is 0. The van der Waals surface area contributed by atoms with Crippen molar-refractivity contribution in [3.8, 4) is 0 Å². The molecule has 0 amide bonds. The lowest BCUT2D eigenvalue weighted by atomic mass is 10.2. The number of nitrogens with one attached hydrogen (secondary N) is 1. The monoisotopic (exact) mass is 299 g/mol. The summed E-state index contributed by atoms with van der Waals surface area (Å²) < 4.78 is 27.2. The van der Waals surface area contributed by atoms with Crippen molar-refractivity contribution >= 4 is 15.7 Å². The van der Waals surface area contributed by atoms with E-state index >= 15 is 0 Å². The van der Waals surface area contributed by atoms with E-state index in [1.165, 1.54) is 25.1 Å². The fourth-order valence-corrected chi connectivity index (χ4v) is 3.99. The molecule has 1 saturated carbocycles. The van der Waals surface area contributed by atoms with E-state index in [1.54, 1.807) is 0 Å². The molecule has 0 saturated heterocycles. The molecule has 1 fully saturated rings. The highest BCUT2D eigenvalue weighted by Crippen LogP contribution is 2.23. The average molecular weight is 299 g/mol. The fraction of sp³-hybridized carbons (Fsp3) is 0.500. The minimum Gasteiger partial charge on any atom is -0.326 e. The highest BCUT2D eigenvalue weighted by atomic mass is 32.2. The molecule has 110 valence electrons. The molecule has 0 heterocycles. The molecule has 1 aromatic carbocycles. The van der Waals surface area contributed by atoms with E-state index in [1.807, 2.05) is 0 Å². The van der Waals surface area contributed by atoms with Crippen LogP contribution in [0.3, 0.4) is 0 Å². The first-order valence-corrected chi connectivity index (χ1v) is 7.82. The summed E-state index contributed by atoms with van der Waals surface area (Å²) in [5.74, 6) is 0. The Bertz CT molecular complexity index is 630. The molecule has 0 aromatic heterocycles. The Morgan fingerprint density at radius 1 is 1.40 bits per heavy atom. The van der Waals surface area contributed by atoms with Crippen LogP contribution in [0.1, 0.15) is 24.8 Å². The summed E-state index contributed by atoms with van der Waals surface area (Å²) in [7, 11) is -3.70. The zero-order valence-corrected chi connectivity index (χ0v) is 11.9. The number of nitro groups is 1. The molecule has 20 heavy (non-hydrogen) atoms. The summed E-state index contributed by atoms with van der Waals surface area (Å²) in [5.41, 5.74) is 6.07. The Balaban J connectivity index is 2.27. The predicted octanol–water partition coefficient (Wildman–Crippen LogP) is 1.06. The number of nitrogens with zero attached hydrogens (tertiary/aromatic N) is 1. The second-order valence-corrected chi connectivity index (χ2v) is 6.71. The van der Waals surface area contributed by atoms with Crippen LogP contribution in [0.25, 0.3) is 0 Å². The Morgan fingerprint density at radius 3 is 2.60 bits per heavy atom. The lowest BCUT2D eigenvalue weighted by Gasteiger charge is -2.18. The van der Waals surface area contributed by atoms with Crippen LogP contribution >= 0.6 is 0 Å². The van der Waals surface area contributed by atoms with Gasteiger partial charge in [0.2, 0.25) is 10.0 Å². The Morgan fingerprint density at radius 2 is 2.10 bits per heavy atom. The number of nitrogens with two attached hydrogens (primary N) is 1. The van der Waals surface area contributed by atoms with Gasteiger partial charge in [-0.15, -0.1) is 0 Å². The maximum atomic E-state index is 12.3. The Kier molecular flexibility index (Phi) is 4.07. The van der Waals surface area contributed by atoms with Crippen molar-refractivity contribution in [1.82, 2.24) is 4.72 Å². The van der Waals surface area contributed by atoms with E-state index < -0.39 is 14.9 Å². The molecule has 0 radical (unpaired) electrons. The minimum atomic E-state index is -3.70. The summed E-state index contributed by atoms with van der Waals surface area (Å²) in [4.78, 5) is 10.2. The third-order valence-corrected chi connectivity index (χ3v) is 5.18. The number of hydrogen-bond acceptors (Lipinski definition) is 5. The van der Waals surface area contributed by atoms with Crippen LogP contribution in [0.5, 0.6) is 0 Å². The molecular weight excluding hydrogens is 282 g/mol. The van der Waals surface area contributed by atoms with Gasteiger partial charge >= 0.3 is 0 Å². The van der Waals surface area contributed by atoms with Gasteiger partial charge in [-0.05, 0) is 31.4 Å². The van der Waals surface area contributed by atoms with Crippen molar-refractivity contribution < 1.29 is 13.3 Å². The summed E-state index contributed by atoms with van der Waals surface area (Å²) in [6.45, 7) is 1.54. The molecule has 7 nitrogen and oxygen atoms in total. The first kappa shape index (κ1) is 14.9. The van der Waals surface area contributed by atoms with Gasteiger partial charge in [0.15, 0.2) is 0 Å². The van der Waals surface area contributed by atoms with Gasteiger partial charge in [0.05, 0.1) is 9.82 Å². The van der Waals surface area contributed by atoms with Gasteiger partial charge in [-0.1, -0.05) is 6.42 Å². The first-order valence-electron chi connectivity index (χ1n) is 6.34. The number of rotatable bonds is 4. The molecule has 2 unspecified atom stereocenters. The standard InChI is InChI=1S/C12H17N3O4S/c1-8-7-9(15(16)17)5-6-12(8)20(18,19)14-11-4-2-3-10(11)13/h5-7,10-11,14H,2-4,13H2,1H3. The van der Waals surface area contributed by atoms with Gasteiger partial charge in [0.1, 0.15) is 0 Å². The normalized spacial score (nSPS) is 22.9. The molecule has 1 aromatic rings.